The number of Topliss-reactive ketones (excluding diaryl/α,β-unsaturated/α-hetero) is 1. The molecule has 0 unspecified atom stereocenters. The van der Waals surface area contributed by atoms with Crippen molar-refractivity contribution in [3.63, 3.8) is 0 Å². The summed E-state index contributed by atoms with van der Waals surface area (Å²) in [6, 6.07) is 10.3. The standard InChI is InChI=1S/C14H9BrCl2O2/c1-8(18)10-6-5-9(7-11(10)15)19-13-4-2-3-12(16)14(13)17/h2-7H,1H3. The van der Waals surface area contributed by atoms with Gasteiger partial charge in [-0.2, -0.15) is 0 Å². The van der Waals surface area contributed by atoms with Gasteiger partial charge in [0.15, 0.2) is 5.78 Å². The number of carbonyl (C=O) groups is 1. The molecule has 0 spiro atoms. The molecule has 0 bridgehead atoms. The minimum absolute atomic E-state index is 0.0146. The second-order valence-electron chi connectivity index (χ2n) is 3.85. The number of halogens is 3. The molecule has 2 nitrogen and oxygen atoms in total. The van der Waals surface area contributed by atoms with Crippen molar-refractivity contribution in [3.05, 3.63) is 56.5 Å². The zero-order valence-electron chi connectivity index (χ0n) is 9.91. The number of hydrogen-bond donors (Lipinski definition) is 0. The van der Waals surface area contributed by atoms with Crippen LogP contribution >= 0.6 is 39.1 Å². The van der Waals surface area contributed by atoms with Crippen LogP contribution in [0.3, 0.4) is 0 Å². The fourth-order valence-electron chi connectivity index (χ4n) is 1.53. The lowest BCUT2D eigenvalue weighted by Crippen LogP contribution is -1.94. The Kier molecular flexibility index (Phi) is 4.50. The van der Waals surface area contributed by atoms with Gasteiger partial charge in [-0.1, -0.05) is 29.3 Å². The van der Waals surface area contributed by atoms with Crippen molar-refractivity contribution in [1.82, 2.24) is 0 Å². The van der Waals surface area contributed by atoms with Crippen molar-refractivity contribution >= 4 is 44.9 Å². The fraction of sp³-hybridized carbons (Fsp3) is 0.0714. The third kappa shape index (κ3) is 3.30. The van der Waals surface area contributed by atoms with Crippen molar-refractivity contribution in [3.8, 4) is 11.5 Å². The van der Waals surface area contributed by atoms with E-state index in [1.165, 1.54) is 6.92 Å². The molecule has 0 amide bonds. The summed E-state index contributed by atoms with van der Waals surface area (Å²) in [5.74, 6) is 1.02. The van der Waals surface area contributed by atoms with Gasteiger partial charge in [0.05, 0.1) is 5.02 Å². The Morgan fingerprint density at radius 3 is 2.58 bits per heavy atom. The number of ketones is 1. The van der Waals surface area contributed by atoms with Crippen molar-refractivity contribution in [2.24, 2.45) is 0 Å². The second kappa shape index (κ2) is 5.95. The third-order valence-corrected chi connectivity index (χ3v) is 3.92. The van der Waals surface area contributed by atoms with Gasteiger partial charge in [0, 0.05) is 10.0 Å². The van der Waals surface area contributed by atoms with Crippen LogP contribution in [0.1, 0.15) is 17.3 Å². The lowest BCUT2D eigenvalue weighted by Gasteiger charge is -2.09. The monoisotopic (exact) mass is 358 g/mol. The average molecular weight is 360 g/mol. The van der Waals surface area contributed by atoms with Crippen LogP contribution in [0.2, 0.25) is 10.0 Å². The maximum atomic E-state index is 11.3. The Morgan fingerprint density at radius 2 is 1.95 bits per heavy atom. The van der Waals surface area contributed by atoms with Crippen molar-refractivity contribution in [2.75, 3.05) is 0 Å². The molecule has 19 heavy (non-hydrogen) atoms. The minimum Gasteiger partial charge on any atom is -0.456 e. The Morgan fingerprint density at radius 1 is 1.21 bits per heavy atom. The Hall–Kier alpha value is -1.03. The molecular weight excluding hydrogens is 351 g/mol. The van der Waals surface area contributed by atoms with E-state index in [2.05, 4.69) is 15.9 Å². The summed E-state index contributed by atoms with van der Waals surface area (Å²) in [5, 5.41) is 0.787. The van der Waals surface area contributed by atoms with Gasteiger partial charge in [0.2, 0.25) is 0 Å². The molecule has 0 heterocycles. The third-order valence-electron chi connectivity index (χ3n) is 2.46. The summed E-state index contributed by atoms with van der Waals surface area (Å²) in [6.45, 7) is 1.51. The normalized spacial score (nSPS) is 10.3. The van der Waals surface area contributed by atoms with Crippen molar-refractivity contribution in [2.45, 2.75) is 6.92 Å². The number of hydrogen-bond acceptors (Lipinski definition) is 2. The molecule has 0 aliphatic carbocycles. The maximum absolute atomic E-state index is 11.3. The number of ether oxygens (including phenoxy) is 1. The van der Waals surface area contributed by atoms with Crippen LogP contribution in [0.25, 0.3) is 0 Å². The molecular formula is C14H9BrCl2O2. The molecule has 0 aromatic heterocycles. The van der Waals surface area contributed by atoms with Crippen LogP contribution in [0.15, 0.2) is 40.9 Å². The number of carbonyl (C=O) groups excluding carboxylic acids is 1. The summed E-state index contributed by atoms with van der Waals surface area (Å²) in [7, 11) is 0. The van der Waals surface area contributed by atoms with E-state index in [0.717, 1.165) is 0 Å². The van der Waals surface area contributed by atoms with Gasteiger partial charge < -0.3 is 4.74 Å². The molecule has 0 N–H and O–H groups in total. The smallest absolute Gasteiger partial charge is 0.160 e. The largest absolute Gasteiger partial charge is 0.456 e. The topological polar surface area (TPSA) is 26.3 Å². The molecule has 5 heteroatoms. The van der Waals surface area contributed by atoms with Crippen LogP contribution in [0.4, 0.5) is 0 Å². The molecule has 0 atom stereocenters. The average Bonchev–Trinajstić information content (AvgIpc) is 2.34. The number of rotatable bonds is 3. The first kappa shape index (κ1) is 14.4. The molecule has 2 aromatic rings. The highest BCUT2D eigenvalue weighted by Crippen LogP contribution is 2.35. The van der Waals surface area contributed by atoms with Crippen LogP contribution in [0, 0.1) is 0 Å². The van der Waals surface area contributed by atoms with Gasteiger partial charge in [-0.05, 0) is 53.2 Å². The highest BCUT2D eigenvalue weighted by Gasteiger charge is 2.09. The Labute approximate surface area is 129 Å². The van der Waals surface area contributed by atoms with E-state index < -0.39 is 0 Å². The molecule has 2 rings (SSSR count). The highest BCUT2D eigenvalue weighted by atomic mass is 79.9. The van der Waals surface area contributed by atoms with E-state index >= 15 is 0 Å². The maximum Gasteiger partial charge on any atom is 0.160 e. The molecule has 0 saturated carbocycles. The predicted molar refractivity (Wildman–Crippen MR) is 80.7 cm³/mol. The van der Waals surface area contributed by atoms with Crippen molar-refractivity contribution < 1.29 is 9.53 Å². The van der Waals surface area contributed by atoms with Crippen LogP contribution in [-0.2, 0) is 0 Å². The molecule has 98 valence electrons. The van der Waals surface area contributed by atoms with Crippen LogP contribution in [0.5, 0.6) is 11.5 Å². The summed E-state index contributed by atoms with van der Waals surface area (Å²) < 4.78 is 6.32. The highest BCUT2D eigenvalue weighted by molar-refractivity contribution is 9.10. The minimum atomic E-state index is -0.0146. The Balaban J connectivity index is 2.32. The predicted octanol–water partition coefficient (Wildman–Crippen LogP) is 5.75. The van der Waals surface area contributed by atoms with Gasteiger partial charge in [-0.25, -0.2) is 0 Å². The van der Waals surface area contributed by atoms with Gasteiger partial charge in [-0.15, -0.1) is 0 Å². The first-order valence-electron chi connectivity index (χ1n) is 5.41. The lowest BCUT2D eigenvalue weighted by atomic mass is 10.1. The van der Waals surface area contributed by atoms with E-state index in [-0.39, 0.29) is 5.78 Å². The van der Waals surface area contributed by atoms with Crippen LogP contribution in [-0.4, -0.2) is 5.78 Å². The van der Waals surface area contributed by atoms with E-state index in [1.807, 2.05) is 0 Å². The SMILES string of the molecule is CC(=O)c1ccc(Oc2cccc(Cl)c2Cl)cc1Br. The van der Waals surface area contributed by atoms with Gasteiger partial charge in [0.25, 0.3) is 0 Å². The molecule has 2 aromatic carbocycles. The van der Waals surface area contributed by atoms with Gasteiger partial charge in [-0.3, -0.25) is 4.79 Å². The molecule has 0 radical (unpaired) electrons. The molecule has 0 aliphatic heterocycles. The van der Waals surface area contributed by atoms with Crippen LogP contribution < -0.4 is 4.74 Å². The quantitative estimate of drug-likeness (QED) is 0.652. The fourth-order valence-corrected chi connectivity index (χ4v) is 2.50. The Bertz CT molecular complexity index is 641. The van der Waals surface area contributed by atoms with E-state index in [4.69, 9.17) is 27.9 Å². The second-order valence-corrected chi connectivity index (χ2v) is 5.49. The number of benzene rings is 2. The molecule has 0 saturated heterocycles. The summed E-state index contributed by atoms with van der Waals surface area (Å²) in [6.07, 6.45) is 0. The van der Waals surface area contributed by atoms with Crippen molar-refractivity contribution in [1.29, 1.82) is 0 Å². The first-order valence-corrected chi connectivity index (χ1v) is 6.96. The molecule has 0 fully saturated rings. The summed E-state index contributed by atoms with van der Waals surface area (Å²) in [5.41, 5.74) is 0.601. The zero-order chi connectivity index (χ0) is 14.0. The van der Waals surface area contributed by atoms with E-state index in [1.54, 1.807) is 36.4 Å². The van der Waals surface area contributed by atoms with Gasteiger partial charge in [0.1, 0.15) is 16.5 Å². The first-order chi connectivity index (χ1) is 8.99. The summed E-state index contributed by atoms with van der Waals surface area (Å²) in [4.78, 5) is 11.3. The van der Waals surface area contributed by atoms with E-state index in [9.17, 15) is 4.79 Å². The zero-order valence-corrected chi connectivity index (χ0v) is 13.0. The summed E-state index contributed by atoms with van der Waals surface area (Å²) >= 11 is 15.3. The lowest BCUT2D eigenvalue weighted by molar-refractivity contribution is 0.101. The van der Waals surface area contributed by atoms with Gasteiger partial charge >= 0.3 is 0 Å². The van der Waals surface area contributed by atoms with E-state index in [0.29, 0.717) is 31.6 Å². The molecule has 0 aliphatic rings.